The van der Waals surface area contributed by atoms with Crippen LogP contribution < -0.4 is 0 Å². The minimum Gasteiger partial charge on any atom is -0.254 e. The van der Waals surface area contributed by atoms with Gasteiger partial charge in [-0.05, 0) is 28.1 Å². The first kappa shape index (κ1) is 9.40. The van der Waals surface area contributed by atoms with E-state index in [0.29, 0.717) is 12.1 Å². The molecular formula is C10H8BrFN2. The number of hydrogen-bond acceptors (Lipinski definition) is 1. The van der Waals surface area contributed by atoms with Gasteiger partial charge in [0.15, 0.2) is 0 Å². The van der Waals surface area contributed by atoms with Gasteiger partial charge in [0.2, 0.25) is 0 Å². The van der Waals surface area contributed by atoms with Crippen molar-refractivity contribution in [3.63, 3.8) is 0 Å². The van der Waals surface area contributed by atoms with E-state index < -0.39 is 0 Å². The molecule has 0 bridgehead atoms. The summed E-state index contributed by atoms with van der Waals surface area (Å²) in [5, 5.41) is 4.06. The van der Waals surface area contributed by atoms with E-state index in [1.165, 1.54) is 6.07 Å². The summed E-state index contributed by atoms with van der Waals surface area (Å²) in [5.41, 5.74) is 0.636. The number of aromatic nitrogens is 2. The lowest BCUT2D eigenvalue weighted by atomic mass is 10.2. The second-order valence-electron chi connectivity index (χ2n) is 2.90. The Morgan fingerprint density at radius 2 is 2.07 bits per heavy atom. The highest BCUT2D eigenvalue weighted by atomic mass is 79.9. The van der Waals surface area contributed by atoms with Crippen LogP contribution in [-0.2, 0) is 6.54 Å². The molecule has 1 aromatic heterocycles. The third kappa shape index (κ3) is 1.85. The highest BCUT2D eigenvalue weighted by Gasteiger charge is 2.03. The Hall–Kier alpha value is -1.16. The van der Waals surface area contributed by atoms with E-state index in [1.807, 2.05) is 12.1 Å². The van der Waals surface area contributed by atoms with E-state index in [-0.39, 0.29) is 5.82 Å². The van der Waals surface area contributed by atoms with Crippen molar-refractivity contribution in [1.29, 1.82) is 0 Å². The lowest BCUT2D eigenvalue weighted by Crippen LogP contribution is -2.03. The second kappa shape index (κ2) is 3.92. The molecular weight excluding hydrogens is 247 g/mol. The van der Waals surface area contributed by atoms with E-state index in [4.69, 9.17) is 0 Å². The van der Waals surface area contributed by atoms with Crippen molar-refractivity contribution < 1.29 is 4.39 Å². The molecule has 0 saturated carbocycles. The largest absolute Gasteiger partial charge is 0.254 e. The predicted molar refractivity (Wildman–Crippen MR) is 55.4 cm³/mol. The lowest BCUT2D eigenvalue weighted by molar-refractivity contribution is 0.581. The van der Waals surface area contributed by atoms with Gasteiger partial charge in [-0.3, -0.25) is 4.68 Å². The maximum atomic E-state index is 13.3. The maximum absolute atomic E-state index is 13.3. The van der Waals surface area contributed by atoms with Gasteiger partial charge >= 0.3 is 0 Å². The van der Waals surface area contributed by atoms with Crippen molar-refractivity contribution in [3.05, 3.63) is 52.5 Å². The fourth-order valence-electron chi connectivity index (χ4n) is 1.22. The molecule has 1 aromatic carbocycles. The molecule has 4 heteroatoms. The van der Waals surface area contributed by atoms with Crippen molar-refractivity contribution in [2.75, 3.05) is 0 Å². The average molecular weight is 255 g/mol. The van der Waals surface area contributed by atoms with Crippen LogP contribution in [0.4, 0.5) is 4.39 Å². The van der Waals surface area contributed by atoms with Crippen LogP contribution in [0, 0.1) is 5.82 Å². The van der Waals surface area contributed by atoms with Crippen LogP contribution in [0.3, 0.4) is 0 Å². The van der Waals surface area contributed by atoms with Gasteiger partial charge in [-0.1, -0.05) is 18.2 Å². The minimum atomic E-state index is -0.199. The molecule has 2 rings (SSSR count). The molecule has 72 valence electrons. The summed E-state index contributed by atoms with van der Waals surface area (Å²) in [5.74, 6) is -0.199. The third-order valence-corrected chi connectivity index (χ3v) is 2.62. The Labute approximate surface area is 89.5 Å². The molecule has 0 radical (unpaired) electrons. The van der Waals surface area contributed by atoms with Crippen LogP contribution in [-0.4, -0.2) is 9.78 Å². The number of nitrogens with zero attached hydrogens (tertiary/aromatic N) is 2. The highest BCUT2D eigenvalue weighted by Crippen LogP contribution is 2.13. The summed E-state index contributed by atoms with van der Waals surface area (Å²) < 4.78 is 15.8. The van der Waals surface area contributed by atoms with Gasteiger partial charge in [-0.2, -0.15) is 5.10 Å². The van der Waals surface area contributed by atoms with Crippen LogP contribution in [0.25, 0.3) is 0 Å². The van der Waals surface area contributed by atoms with Gasteiger partial charge in [-0.15, -0.1) is 0 Å². The molecule has 2 nitrogen and oxygen atoms in total. The summed E-state index contributed by atoms with van der Waals surface area (Å²) in [6.45, 7) is 0.445. The highest BCUT2D eigenvalue weighted by molar-refractivity contribution is 9.10. The predicted octanol–water partition coefficient (Wildman–Crippen LogP) is 2.83. The second-order valence-corrected chi connectivity index (χ2v) is 3.72. The number of hydrogen-bond donors (Lipinski definition) is 0. The molecule has 0 saturated heterocycles. The summed E-state index contributed by atoms with van der Waals surface area (Å²) in [6, 6.07) is 8.52. The monoisotopic (exact) mass is 254 g/mol. The number of rotatable bonds is 2. The molecule has 0 aliphatic heterocycles. The SMILES string of the molecule is Fc1ccccc1Cn1nccc1Br. The van der Waals surface area contributed by atoms with Crippen LogP contribution >= 0.6 is 15.9 Å². The van der Waals surface area contributed by atoms with Gasteiger partial charge < -0.3 is 0 Å². The molecule has 0 unspecified atom stereocenters. The Balaban J connectivity index is 2.28. The molecule has 0 amide bonds. The van der Waals surface area contributed by atoms with Gasteiger partial charge in [0.25, 0.3) is 0 Å². The van der Waals surface area contributed by atoms with Gasteiger partial charge in [0.1, 0.15) is 10.4 Å². The molecule has 0 atom stereocenters. The zero-order chi connectivity index (χ0) is 9.97. The van der Waals surface area contributed by atoms with Crippen molar-refractivity contribution in [2.45, 2.75) is 6.54 Å². The summed E-state index contributed by atoms with van der Waals surface area (Å²) in [6.07, 6.45) is 1.67. The van der Waals surface area contributed by atoms with Crippen molar-refractivity contribution in [2.24, 2.45) is 0 Å². The van der Waals surface area contributed by atoms with Gasteiger partial charge in [0, 0.05) is 5.56 Å². The minimum absolute atomic E-state index is 0.199. The molecule has 0 N–H and O–H groups in total. The standard InChI is InChI=1S/C10H8BrFN2/c11-10-5-6-13-14(10)7-8-3-1-2-4-9(8)12/h1-6H,7H2. The summed E-state index contributed by atoms with van der Waals surface area (Å²) >= 11 is 3.33. The van der Waals surface area contributed by atoms with Crippen molar-refractivity contribution in [3.8, 4) is 0 Å². The normalized spacial score (nSPS) is 10.4. The van der Waals surface area contributed by atoms with Crippen LogP contribution in [0.5, 0.6) is 0 Å². The lowest BCUT2D eigenvalue weighted by Gasteiger charge is -2.04. The van der Waals surface area contributed by atoms with E-state index >= 15 is 0 Å². The number of benzene rings is 1. The van der Waals surface area contributed by atoms with E-state index in [0.717, 1.165) is 4.60 Å². The fraction of sp³-hybridized carbons (Fsp3) is 0.100. The Bertz CT molecular complexity index is 439. The van der Waals surface area contributed by atoms with Crippen molar-refractivity contribution >= 4 is 15.9 Å². The van der Waals surface area contributed by atoms with Gasteiger partial charge in [-0.25, -0.2) is 4.39 Å². The molecule has 2 aromatic rings. The van der Waals surface area contributed by atoms with E-state index in [2.05, 4.69) is 21.0 Å². The zero-order valence-corrected chi connectivity index (χ0v) is 8.91. The molecule has 0 spiro atoms. The summed E-state index contributed by atoms with van der Waals surface area (Å²) in [7, 11) is 0. The first-order chi connectivity index (χ1) is 6.77. The Morgan fingerprint density at radius 1 is 1.29 bits per heavy atom. The maximum Gasteiger partial charge on any atom is 0.128 e. The first-order valence-electron chi connectivity index (χ1n) is 4.18. The van der Waals surface area contributed by atoms with Crippen LogP contribution in [0.2, 0.25) is 0 Å². The smallest absolute Gasteiger partial charge is 0.128 e. The Morgan fingerprint density at radius 3 is 2.71 bits per heavy atom. The quantitative estimate of drug-likeness (QED) is 0.806. The molecule has 0 aliphatic carbocycles. The topological polar surface area (TPSA) is 17.8 Å². The van der Waals surface area contributed by atoms with Crippen LogP contribution in [0.15, 0.2) is 41.1 Å². The van der Waals surface area contributed by atoms with E-state index in [1.54, 1.807) is 23.0 Å². The summed E-state index contributed by atoms with van der Waals surface area (Å²) in [4.78, 5) is 0. The third-order valence-electron chi connectivity index (χ3n) is 1.94. The first-order valence-corrected chi connectivity index (χ1v) is 4.97. The molecule has 14 heavy (non-hydrogen) atoms. The van der Waals surface area contributed by atoms with Gasteiger partial charge in [0.05, 0.1) is 12.7 Å². The molecule has 0 fully saturated rings. The average Bonchev–Trinajstić information content (AvgIpc) is 2.56. The number of halogens is 2. The Kier molecular flexibility index (Phi) is 2.63. The zero-order valence-electron chi connectivity index (χ0n) is 7.32. The fourth-order valence-corrected chi connectivity index (χ4v) is 1.56. The molecule has 1 heterocycles. The van der Waals surface area contributed by atoms with Crippen LogP contribution in [0.1, 0.15) is 5.56 Å². The van der Waals surface area contributed by atoms with E-state index in [9.17, 15) is 4.39 Å². The molecule has 0 aliphatic rings. The van der Waals surface area contributed by atoms with Crippen molar-refractivity contribution in [1.82, 2.24) is 9.78 Å².